The molecule has 20 heavy (non-hydrogen) atoms. The first-order chi connectivity index (χ1) is 9.76. The SMILES string of the molecule is CCC1CCCN(Cc2cc(C=O)ccc2OC)CC1. The van der Waals surface area contributed by atoms with Crippen LogP contribution in [0.2, 0.25) is 0 Å². The third-order valence-corrected chi connectivity index (χ3v) is 4.35. The molecule has 1 aliphatic rings. The summed E-state index contributed by atoms with van der Waals surface area (Å²) in [5.74, 6) is 1.76. The summed E-state index contributed by atoms with van der Waals surface area (Å²) in [5, 5.41) is 0. The molecule has 3 nitrogen and oxygen atoms in total. The Bertz CT molecular complexity index is 445. The lowest BCUT2D eigenvalue weighted by atomic mass is 9.98. The summed E-state index contributed by atoms with van der Waals surface area (Å²) in [7, 11) is 1.69. The third kappa shape index (κ3) is 3.83. The maximum absolute atomic E-state index is 10.9. The molecule has 1 fully saturated rings. The van der Waals surface area contributed by atoms with Crippen LogP contribution in [-0.4, -0.2) is 31.4 Å². The van der Waals surface area contributed by atoms with E-state index < -0.39 is 0 Å². The minimum absolute atomic E-state index is 0.724. The van der Waals surface area contributed by atoms with Crippen LogP contribution in [-0.2, 0) is 6.54 Å². The average molecular weight is 275 g/mol. The maximum Gasteiger partial charge on any atom is 0.150 e. The molecule has 1 saturated heterocycles. The van der Waals surface area contributed by atoms with Crippen LogP contribution in [0.25, 0.3) is 0 Å². The van der Waals surface area contributed by atoms with Crippen molar-refractivity contribution in [2.24, 2.45) is 5.92 Å². The molecule has 1 aliphatic heterocycles. The Labute approximate surface area is 121 Å². The van der Waals surface area contributed by atoms with E-state index in [1.165, 1.54) is 25.7 Å². The second kappa shape index (κ2) is 7.44. The number of methoxy groups -OCH3 is 1. The predicted molar refractivity (Wildman–Crippen MR) is 81.3 cm³/mol. The van der Waals surface area contributed by atoms with Crippen LogP contribution in [0.15, 0.2) is 18.2 Å². The highest BCUT2D eigenvalue weighted by Gasteiger charge is 2.17. The zero-order valence-corrected chi connectivity index (χ0v) is 12.6. The van der Waals surface area contributed by atoms with Crippen LogP contribution in [0.4, 0.5) is 0 Å². The van der Waals surface area contributed by atoms with Gasteiger partial charge in [-0.1, -0.05) is 13.3 Å². The fraction of sp³-hybridized carbons (Fsp3) is 0.588. The van der Waals surface area contributed by atoms with Crippen molar-refractivity contribution >= 4 is 6.29 Å². The molecule has 0 spiro atoms. The van der Waals surface area contributed by atoms with Gasteiger partial charge < -0.3 is 4.74 Å². The maximum atomic E-state index is 10.9. The van der Waals surface area contributed by atoms with Gasteiger partial charge in [0, 0.05) is 17.7 Å². The van der Waals surface area contributed by atoms with Gasteiger partial charge in [-0.3, -0.25) is 9.69 Å². The highest BCUT2D eigenvalue weighted by atomic mass is 16.5. The number of carbonyl (C=O) groups excluding carboxylic acids is 1. The van der Waals surface area contributed by atoms with E-state index in [1.807, 2.05) is 18.2 Å². The summed E-state index contributed by atoms with van der Waals surface area (Å²) < 4.78 is 5.42. The normalized spacial score (nSPS) is 20.4. The number of aldehydes is 1. The van der Waals surface area contributed by atoms with Crippen molar-refractivity contribution in [1.82, 2.24) is 4.90 Å². The Balaban J connectivity index is 2.06. The fourth-order valence-corrected chi connectivity index (χ4v) is 3.03. The van der Waals surface area contributed by atoms with Crippen molar-refractivity contribution in [2.75, 3.05) is 20.2 Å². The van der Waals surface area contributed by atoms with Gasteiger partial charge in [-0.25, -0.2) is 0 Å². The molecule has 0 amide bonds. The third-order valence-electron chi connectivity index (χ3n) is 4.35. The summed E-state index contributed by atoms with van der Waals surface area (Å²) in [6.07, 6.45) is 6.09. The van der Waals surface area contributed by atoms with Crippen LogP contribution in [0.3, 0.4) is 0 Å². The number of benzene rings is 1. The molecule has 1 atom stereocenters. The standard InChI is InChI=1S/C17H25NO2/c1-3-14-5-4-9-18(10-8-14)12-16-11-15(13-19)6-7-17(16)20-2/h6-7,11,13-14H,3-5,8-10,12H2,1-2H3. The quantitative estimate of drug-likeness (QED) is 0.770. The van der Waals surface area contributed by atoms with Crippen LogP contribution in [0.1, 0.15) is 48.5 Å². The van der Waals surface area contributed by atoms with Gasteiger partial charge in [0.2, 0.25) is 0 Å². The van der Waals surface area contributed by atoms with Crippen molar-refractivity contribution in [1.29, 1.82) is 0 Å². The van der Waals surface area contributed by atoms with Crippen LogP contribution < -0.4 is 4.74 Å². The first-order valence-electron chi connectivity index (χ1n) is 7.61. The van der Waals surface area contributed by atoms with Crippen molar-refractivity contribution in [3.8, 4) is 5.75 Å². The highest BCUT2D eigenvalue weighted by Crippen LogP contribution is 2.25. The minimum atomic E-state index is 0.724. The lowest BCUT2D eigenvalue weighted by Crippen LogP contribution is -2.24. The van der Waals surface area contributed by atoms with Gasteiger partial charge in [-0.15, -0.1) is 0 Å². The molecule has 3 heteroatoms. The Morgan fingerprint density at radius 1 is 1.35 bits per heavy atom. The zero-order chi connectivity index (χ0) is 14.4. The number of hydrogen-bond donors (Lipinski definition) is 0. The van der Waals surface area contributed by atoms with Gasteiger partial charge in [0.15, 0.2) is 0 Å². The van der Waals surface area contributed by atoms with Crippen LogP contribution in [0.5, 0.6) is 5.75 Å². The lowest BCUT2D eigenvalue weighted by Gasteiger charge is -2.21. The van der Waals surface area contributed by atoms with Gasteiger partial charge in [0.25, 0.3) is 0 Å². The Hall–Kier alpha value is -1.35. The Morgan fingerprint density at radius 3 is 2.90 bits per heavy atom. The highest BCUT2D eigenvalue weighted by molar-refractivity contribution is 5.75. The summed E-state index contributed by atoms with van der Waals surface area (Å²) in [6.45, 7) is 5.45. The fourth-order valence-electron chi connectivity index (χ4n) is 3.03. The van der Waals surface area contributed by atoms with E-state index in [-0.39, 0.29) is 0 Å². The van der Waals surface area contributed by atoms with Crippen molar-refractivity contribution in [3.05, 3.63) is 29.3 Å². The van der Waals surface area contributed by atoms with E-state index >= 15 is 0 Å². The summed E-state index contributed by atoms with van der Waals surface area (Å²) in [4.78, 5) is 13.4. The van der Waals surface area contributed by atoms with E-state index in [4.69, 9.17) is 4.74 Å². The molecule has 1 unspecified atom stereocenters. The second-order valence-electron chi connectivity index (χ2n) is 5.67. The van der Waals surface area contributed by atoms with Gasteiger partial charge in [0.05, 0.1) is 7.11 Å². The van der Waals surface area contributed by atoms with E-state index in [0.717, 1.165) is 48.7 Å². The van der Waals surface area contributed by atoms with Gasteiger partial charge in [-0.05, 0) is 56.5 Å². The topological polar surface area (TPSA) is 29.5 Å². The molecule has 1 aromatic rings. The molecular weight excluding hydrogens is 250 g/mol. The van der Waals surface area contributed by atoms with Gasteiger partial charge in [-0.2, -0.15) is 0 Å². The molecular formula is C17H25NO2. The number of nitrogens with zero attached hydrogens (tertiary/aromatic N) is 1. The van der Waals surface area contributed by atoms with Crippen molar-refractivity contribution in [2.45, 2.75) is 39.2 Å². The zero-order valence-electron chi connectivity index (χ0n) is 12.6. The first-order valence-corrected chi connectivity index (χ1v) is 7.61. The predicted octanol–water partition coefficient (Wildman–Crippen LogP) is 3.52. The average Bonchev–Trinajstić information content (AvgIpc) is 2.72. The van der Waals surface area contributed by atoms with E-state index in [1.54, 1.807) is 7.11 Å². The molecule has 2 rings (SSSR count). The van der Waals surface area contributed by atoms with E-state index in [9.17, 15) is 4.79 Å². The number of hydrogen-bond acceptors (Lipinski definition) is 3. The summed E-state index contributed by atoms with van der Waals surface area (Å²) in [6, 6.07) is 5.66. The molecule has 0 saturated carbocycles. The smallest absolute Gasteiger partial charge is 0.150 e. The molecule has 0 bridgehead atoms. The van der Waals surface area contributed by atoms with Crippen LogP contribution in [0, 0.1) is 5.92 Å². The van der Waals surface area contributed by atoms with E-state index in [0.29, 0.717) is 0 Å². The monoisotopic (exact) mass is 275 g/mol. The molecule has 0 aromatic heterocycles. The van der Waals surface area contributed by atoms with Crippen LogP contribution >= 0.6 is 0 Å². The Kier molecular flexibility index (Phi) is 5.60. The molecule has 1 heterocycles. The lowest BCUT2D eigenvalue weighted by molar-refractivity contribution is 0.112. The number of likely N-dealkylation sites (tertiary alicyclic amines) is 1. The van der Waals surface area contributed by atoms with Crippen molar-refractivity contribution in [3.63, 3.8) is 0 Å². The van der Waals surface area contributed by atoms with E-state index in [2.05, 4.69) is 11.8 Å². The molecule has 0 N–H and O–H groups in total. The number of rotatable bonds is 5. The van der Waals surface area contributed by atoms with Crippen molar-refractivity contribution < 1.29 is 9.53 Å². The summed E-state index contributed by atoms with van der Waals surface area (Å²) >= 11 is 0. The largest absolute Gasteiger partial charge is 0.496 e. The molecule has 1 aromatic carbocycles. The Morgan fingerprint density at radius 2 is 2.20 bits per heavy atom. The number of ether oxygens (including phenoxy) is 1. The first kappa shape index (κ1) is 15.0. The van der Waals surface area contributed by atoms with Gasteiger partial charge in [0.1, 0.15) is 12.0 Å². The minimum Gasteiger partial charge on any atom is -0.496 e. The number of carbonyl (C=O) groups is 1. The second-order valence-corrected chi connectivity index (χ2v) is 5.67. The molecule has 0 aliphatic carbocycles. The molecule has 0 radical (unpaired) electrons. The van der Waals surface area contributed by atoms with Gasteiger partial charge >= 0.3 is 0 Å². The molecule has 110 valence electrons. The summed E-state index contributed by atoms with van der Waals surface area (Å²) in [5.41, 5.74) is 1.84.